The standard InChI is InChI=1S/C13H13N3O3S/c1-8-3-4-10(16(17)18)6-11(8)13-14-9(7-19-2)5-12(20)15-13/h3-6H,7H2,1-2H3,(H,14,15,20). The molecule has 0 bridgehead atoms. The highest BCUT2D eigenvalue weighted by atomic mass is 32.1. The summed E-state index contributed by atoms with van der Waals surface area (Å²) in [6.45, 7) is 2.23. The Labute approximate surface area is 120 Å². The fraction of sp³-hybridized carbons (Fsp3) is 0.231. The Balaban J connectivity index is 2.58. The van der Waals surface area contributed by atoms with Gasteiger partial charge in [0.2, 0.25) is 0 Å². The van der Waals surface area contributed by atoms with E-state index >= 15 is 0 Å². The first kappa shape index (κ1) is 14.3. The number of aromatic nitrogens is 2. The van der Waals surface area contributed by atoms with Crippen molar-refractivity contribution in [2.75, 3.05) is 7.11 Å². The Morgan fingerprint density at radius 1 is 1.45 bits per heavy atom. The smallest absolute Gasteiger partial charge is 0.270 e. The van der Waals surface area contributed by atoms with Gasteiger partial charge in [0.15, 0.2) is 0 Å². The maximum Gasteiger partial charge on any atom is 0.270 e. The second-order valence-corrected chi connectivity index (χ2v) is 4.70. The van der Waals surface area contributed by atoms with Crippen molar-refractivity contribution in [1.29, 1.82) is 0 Å². The minimum absolute atomic E-state index is 0.0175. The van der Waals surface area contributed by atoms with Crippen LogP contribution in [0.1, 0.15) is 11.3 Å². The zero-order valence-corrected chi connectivity index (χ0v) is 11.9. The molecule has 0 unspecified atom stereocenters. The highest BCUT2D eigenvalue weighted by molar-refractivity contribution is 7.71. The molecule has 0 aliphatic rings. The zero-order chi connectivity index (χ0) is 14.7. The van der Waals surface area contributed by atoms with Crippen LogP contribution in [0.5, 0.6) is 0 Å². The number of benzene rings is 1. The zero-order valence-electron chi connectivity index (χ0n) is 11.0. The van der Waals surface area contributed by atoms with Crippen LogP contribution in [-0.4, -0.2) is 22.0 Å². The van der Waals surface area contributed by atoms with Gasteiger partial charge in [-0.25, -0.2) is 4.98 Å². The van der Waals surface area contributed by atoms with Crippen LogP contribution in [0.4, 0.5) is 5.69 Å². The lowest BCUT2D eigenvalue weighted by molar-refractivity contribution is -0.384. The van der Waals surface area contributed by atoms with Gasteiger partial charge in [-0.2, -0.15) is 0 Å². The number of nitro groups is 1. The maximum atomic E-state index is 10.9. The molecule has 1 aromatic heterocycles. The van der Waals surface area contributed by atoms with E-state index in [0.29, 0.717) is 22.6 Å². The SMILES string of the molecule is COCc1cc(=S)nc(-c2cc([N+](=O)[O-])ccc2C)[nH]1. The molecule has 0 atom stereocenters. The summed E-state index contributed by atoms with van der Waals surface area (Å²) in [6, 6.07) is 6.34. The molecule has 0 saturated heterocycles. The van der Waals surface area contributed by atoms with Crippen LogP contribution in [0.15, 0.2) is 24.3 Å². The van der Waals surface area contributed by atoms with Crippen molar-refractivity contribution in [2.24, 2.45) is 0 Å². The molecule has 1 N–H and O–H groups in total. The van der Waals surface area contributed by atoms with E-state index in [0.717, 1.165) is 11.3 Å². The molecular weight excluding hydrogens is 278 g/mol. The minimum Gasteiger partial charge on any atom is -0.378 e. The van der Waals surface area contributed by atoms with E-state index in [1.165, 1.54) is 12.1 Å². The summed E-state index contributed by atoms with van der Waals surface area (Å²) in [7, 11) is 1.58. The van der Waals surface area contributed by atoms with Crippen molar-refractivity contribution in [3.05, 3.63) is 50.3 Å². The van der Waals surface area contributed by atoms with E-state index in [-0.39, 0.29) is 5.69 Å². The monoisotopic (exact) mass is 291 g/mol. The highest BCUT2D eigenvalue weighted by Crippen LogP contribution is 2.25. The molecule has 0 spiro atoms. The number of H-pyrrole nitrogens is 1. The molecule has 6 nitrogen and oxygen atoms in total. The third-order valence-electron chi connectivity index (χ3n) is 2.79. The van der Waals surface area contributed by atoms with Crippen molar-refractivity contribution >= 4 is 17.9 Å². The second kappa shape index (κ2) is 5.89. The Morgan fingerprint density at radius 2 is 2.20 bits per heavy atom. The van der Waals surface area contributed by atoms with Gasteiger partial charge in [-0.1, -0.05) is 18.3 Å². The number of rotatable bonds is 4. The van der Waals surface area contributed by atoms with E-state index in [1.54, 1.807) is 19.2 Å². The second-order valence-electron chi connectivity index (χ2n) is 4.28. The third-order valence-corrected chi connectivity index (χ3v) is 2.99. The van der Waals surface area contributed by atoms with E-state index in [2.05, 4.69) is 9.97 Å². The lowest BCUT2D eigenvalue weighted by atomic mass is 10.1. The number of ether oxygens (including phenoxy) is 1. The third kappa shape index (κ3) is 3.06. The van der Waals surface area contributed by atoms with E-state index in [9.17, 15) is 10.1 Å². The summed E-state index contributed by atoms with van der Waals surface area (Å²) in [5, 5.41) is 10.9. The predicted molar refractivity (Wildman–Crippen MR) is 77.0 cm³/mol. The van der Waals surface area contributed by atoms with E-state index in [1.807, 2.05) is 6.92 Å². The topological polar surface area (TPSA) is 81.1 Å². The Bertz CT molecular complexity index is 712. The lowest BCUT2D eigenvalue weighted by Crippen LogP contribution is -1.99. The average molecular weight is 291 g/mol. The molecule has 0 saturated carbocycles. The molecule has 20 heavy (non-hydrogen) atoms. The molecule has 0 radical (unpaired) electrons. The van der Waals surface area contributed by atoms with Gasteiger partial charge in [0.1, 0.15) is 10.5 Å². The fourth-order valence-electron chi connectivity index (χ4n) is 1.85. The fourth-order valence-corrected chi connectivity index (χ4v) is 2.08. The molecule has 2 rings (SSSR count). The van der Waals surface area contributed by atoms with Crippen molar-refractivity contribution in [2.45, 2.75) is 13.5 Å². The van der Waals surface area contributed by atoms with Gasteiger partial charge in [0, 0.05) is 30.5 Å². The first-order valence-electron chi connectivity index (χ1n) is 5.86. The molecule has 1 aromatic carbocycles. The summed E-state index contributed by atoms with van der Waals surface area (Å²) in [5.74, 6) is 0.505. The predicted octanol–water partition coefficient (Wildman–Crippen LogP) is 3.17. The number of aryl methyl sites for hydroxylation is 1. The van der Waals surface area contributed by atoms with Gasteiger partial charge in [-0.15, -0.1) is 0 Å². The van der Waals surface area contributed by atoms with Crippen LogP contribution in [0.25, 0.3) is 11.4 Å². The summed E-state index contributed by atoms with van der Waals surface area (Å²) in [4.78, 5) is 17.7. The van der Waals surface area contributed by atoms with Crippen LogP contribution in [-0.2, 0) is 11.3 Å². The minimum atomic E-state index is -0.434. The summed E-state index contributed by atoms with van der Waals surface area (Å²) in [5.41, 5.74) is 2.32. The lowest BCUT2D eigenvalue weighted by Gasteiger charge is -2.08. The van der Waals surface area contributed by atoms with E-state index < -0.39 is 4.92 Å². The number of nitrogens with one attached hydrogen (secondary N) is 1. The molecule has 1 heterocycles. The number of hydrogen-bond donors (Lipinski definition) is 1. The van der Waals surface area contributed by atoms with E-state index in [4.69, 9.17) is 17.0 Å². The van der Waals surface area contributed by atoms with Gasteiger partial charge in [0.05, 0.1) is 11.5 Å². The summed E-state index contributed by atoms with van der Waals surface area (Å²) < 4.78 is 5.47. The van der Waals surface area contributed by atoms with Crippen molar-refractivity contribution in [3.63, 3.8) is 0 Å². The molecule has 2 aromatic rings. The molecule has 104 valence electrons. The molecule has 0 fully saturated rings. The number of methoxy groups -OCH3 is 1. The van der Waals surface area contributed by atoms with Crippen LogP contribution in [0.3, 0.4) is 0 Å². The number of nitro benzene ring substituents is 1. The normalized spacial score (nSPS) is 10.5. The number of non-ortho nitro benzene ring substituents is 1. The van der Waals surface area contributed by atoms with Crippen LogP contribution in [0, 0.1) is 21.7 Å². The molecule has 0 amide bonds. The molecule has 7 heteroatoms. The Kier molecular flexibility index (Phi) is 4.21. The van der Waals surface area contributed by atoms with Crippen molar-refractivity contribution < 1.29 is 9.66 Å². The van der Waals surface area contributed by atoms with Gasteiger partial charge in [0.25, 0.3) is 5.69 Å². The average Bonchev–Trinajstić information content (AvgIpc) is 2.38. The van der Waals surface area contributed by atoms with Crippen LogP contribution in [0.2, 0.25) is 0 Å². The maximum absolute atomic E-state index is 10.9. The largest absolute Gasteiger partial charge is 0.378 e. The van der Waals surface area contributed by atoms with Gasteiger partial charge >= 0.3 is 0 Å². The highest BCUT2D eigenvalue weighted by Gasteiger charge is 2.12. The van der Waals surface area contributed by atoms with Crippen LogP contribution >= 0.6 is 12.2 Å². The quantitative estimate of drug-likeness (QED) is 0.531. The number of hydrogen-bond acceptors (Lipinski definition) is 5. The van der Waals surface area contributed by atoms with Crippen molar-refractivity contribution in [3.8, 4) is 11.4 Å². The first-order chi connectivity index (χ1) is 9.51. The van der Waals surface area contributed by atoms with Crippen molar-refractivity contribution in [1.82, 2.24) is 9.97 Å². The summed E-state index contributed by atoms with van der Waals surface area (Å²) >= 11 is 5.11. The summed E-state index contributed by atoms with van der Waals surface area (Å²) in [6.07, 6.45) is 0. The number of nitrogens with zero attached hydrogens (tertiary/aromatic N) is 2. The number of aromatic amines is 1. The molecule has 0 aliphatic heterocycles. The Hall–Kier alpha value is -2.12. The Morgan fingerprint density at radius 3 is 2.85 bits per heavy atom. The van der Waals surface area contributed by atoms with Gasteiger partial charge in [-0.3, -0.25) is 10.1 Å². The van der Waals surface area contributed by atoms with Gasteiger partial charge < -0.3 is 9.72 Å². The van der Waals surface area contributed by atoms with Crippen LogP contribution < -0.4 is 0 Å². The van der Waals surface area contributed by atoms with Gasteiger partial charge in [-0.05, 0) is 18.6 Å². The molecule has 0 aliphatic carbocycles. The molecular formula is C13H13N3O3S. The first-order valence-corrected chi connectivity index (χ1v) is 6.26.